The standard InChI is InChI=1S/C18H22N6O6S2/c1-5-24-11-15(12(2)21-24)32(27,28)22-13-6-8-14(9-7-13)31(25,26)23-16-10-17(29-3)20-18(19-16)30-4/h6-11,22H,5H2,1-4H3,(H,19,20,23). The molecule has 2 N–H and O–H groups in total. The van der Waals surface area contributed by atoms with E-state index in [9.17, 15) is 16.8 Å². The van der Waals surface area contributed by atoms with E-state index in [1.54, 1.807) is 6.92 Å². The maximum absolute atomic E-state index is 12.7. The molecule has 0 saturated heterocycles. The first-order valence-electron chi connectivity index (χ1n) is 9.24. The zero-order chi connectivity index (χ0) is 23.5. The zero-order valence-corrected chi connectivity index (χ0v) is 19.4. The molecule has 0 radical (unpaired) electrons. The molecule has 2 heterocycles. The van der Waals surface area contributed by atoms with E-state index in [-0.39, 0.29) is 33.2 Å². The zero-order valence-electron chi connectivity index (χ0n) is 17.7. The molecule has 0 aliphatic rings. The van der Waals surface area contributed by atoms with E-state index in [1.165, 1.54) is 55.4 Å². The van der Waals surface area contributed by atoms with Crippen molar-refractivity contribution in [2.45, 2.75) is 30.2 Å². The topological polar surface area (TPSA) is 154 Å². The van der Waals surface area contributed by atoms with E-state index in [2.05, 4.69) is 24.5 Å². The molecule has 172 valence electrons. The molecule has 0 fully saturated rings. The van der Waals surface area contributed by atoms with Crippen LogP contribution in [-0.2, 0) is 26.6 Å². The first-order valence-corrected chi connectivity index (χ1v) is 12.2. The Morgan fingerprint density at radius 1 is 0.969 bits per heavy atom. The number of nitrogens with zero attached hydrogens (tertiary/aromatic N) is 4. The summed E-state index contributed by atoms with van der Waals surface area (Å²) in [6.45, 7) is 3.97. The van der Waals surface area contributed by atoms with E-state index in [0.717, 1.165) is 0 Å². The largest absolute Gasteiger partial charge is 0.481 e. The van der Waals surface area contributed by atoms with Crippen molar-refractivity contribution in [3.8, 4) is 11.9 Å². The molecule has 0 unspecified atom stereocenters. The molecule has 0 spiro atoms. The van der Waals surface area contributed by atoms with Crippen LogP contribution in [0.1, 0.15) is 12.6 Å². The average molecular weight is 483 g/mol. The highest BCUT2D eigenvalue weighted by Crippen LogP contribution is 2.23. The fourth-order valence-electron chi connectivity index (χ4n) is 2.69. The molecule has 3 aromatic rings. The van der Waals surface area contributed by atoms with E-state index in [4.69, 9.17) is 9.47 Å². The summed E-state index contributed by atoms with van der Waals surface area (Å²) in [7, 11) is -5.21. The Balaban J connectivity index is 1.81. The number of aromatic nitrogens is 4. The number of hydrogen-bond donors (Lipinski definition) is 2. The van der Waals surface area contributed by atoms with Gasteiger partial charge in [-0.1, -0.05) is 0 Å². The minimum Gasteiger partial charge on any atom is -0.481 e. The lowest BCUT2D eigenvalue weighted by molar-refractivity contribution is 0.353. The quantitative estimate of drug-likeness (QED) is 0.463. The highest BCUT2D eigenvalue weighted by Gasteiger charge is 2.21. The van der Waals surface area contributed by atoms with Gasteiger partial charge in [-0.2, -0.15) is 15.1 Å². The summed E-state index contributed by atoms with van der Waals surface area (Å²) in [5, 5.41) is 4.13. The van der Waals surface area contributed by atoms with Gasteiger partial charge in [0.1, 0.15) is 4.90 Å². The second-order valence-electron chi connectivity index (χ2n) is 6.45. The summed E-state index contributed by atoms with van der Waals surface area (Å²) in [5.41, 5.74) is 0.552. The predicted octanol–water partition coefficient (Wildman–Crippen LogP) is 1.62. The first kappa shape index (κ1) is 23.3. The molecule has 2 aromatic heterocycles. The molecule has 14 heteroatoms. The minimum absolute atomic E-state index is 0.0457. The molecule has 12 nitrogen and oxygen atoms in total. The number of rotatable bonds is 9. The second kappa shape index (κ2) is 9.00. The van der Waals surface area contributed by atoms with Crippen molar-refractivity contribution in [2.24, 2.45) is 0 Å². The molecule has 0 saturated carbocycles. The summed E-state index contributed by atoms with van der Waals surface area (Å²) in [6.07, 6.45) is 1.44. The molecule has 0 atom stereocenters. The van der Waals surface area contributed by atoms with E-state index in [0.29, 0.717) is 12.2 Å². The Kier molecular flexibility index (Phi) is 6.55. The molecular weight excluding hydrogens is 460 g/mol. The SMILES string of the molecule is CCn1cc(S(=O)(=O)Nc2ccc(S(=O)(=O)Nc3cc(OC)nc(OC)n3)cc2)c(C)n1. The van der Waals surface area contributed by atoms with Crippen molar-refractivity contribution in [1.82, 2.24) is 19.7 Å². The lowest BCUT2D eigenvalue weighted by Gasteiger charge is -2.11. The normalized spacial score (nSPS) is 11.8. The van der Waals surface area contributed by atoms with Gasteiger partial charge < -0.3 is 9.47 Å². The van der Waals surface area contributed by atoms with Gasteiger partial charge in [-0.3, -0.25) is 14.1 Å². The number of nitrogens with one attached hydrogen (secondary N) is 2. The van der Waals surface area contributed by atoms with Crippen molar-refractivity contribution >= 4 is 31.6 Å². The van der Waals surface area contributed by atoms with Crippen molar-refractivity contribution in [3.63, 3.8) is 0 Å². The maximum Gasteiger partial charge on any atom is 0.321 e. The molecule has 0 aliphatic carbocycles. The highest BCUT2D eigenvalue weighted by molar-refractivity contribution is 7.93. The number of anilines is 2. The minimum atomic E-state index is -4.02. The van der Waals surface area contributed by atoms with Gasteiger partial charge in [-0.25, -0.2) is 16.8 Å². The molecule has 3 rings (SSSR count). The van der Waals surface area contributed by atoms with Gasteiger partial charge in [0.2, 0.25) is 5.88 Å². The summed E-state index contributed by atoms with van der Waals surface area (Å²) in [5.74, 6) is 0.0582. The van der Waals surface area contributed by atoms with Crippen LogP contribution in [0.25, 0.3) is 0 Å². The Morgan fingerprint density at radius 2 is 1.66 bits per heavy atom. The van der Waals surface area contributed by atoms with Gasteiger partial charge in [0, 0.05) is 24.5 Å². The molecule has 1 aromatic carbocycles. The Labute approximate surface area is 185 Å². The second-order valence-corrected chi connectivity index (χ2v) is 9.79. The van der Waals surface area contributed by atoms with Crippen molar-refractivity contribution in [1.29, 1.82) is 0 Å². The molecule has 32 heavy (non-hydrogen) atoms. The summed E-state index contributed by atoms with van der Waals surface area (Å²) in [4.78, 5) is 7.76. The van der Waals surface area contributed by atoms with Crippen molar-refractivity contribution in [3.05, 3.63) is 42.2 Å². The maximum atomic E-state index is 12.7. The monoisotopic (exact) mass is 482 g/mol. The number of aryl methyl sites for hydroxylation is 2. The van der Waals surface area contributed by atoms with E-state index >= 15 is 0 Å². The summed E-state index contributed by atoms with van der Waals surface area (Å²) >= 11 is 0. The fraction of sp³-hybridized carbons (Fsp3) is 0.278. The third-order valence-electron chi connectivity index (χ3n) is 4.24. The Hall–Kier alpha value is -3.39. The van der Waals surface area contributed by atoms with E-state index < -0.39 is 20.0 Å². The van der Waals surface area contributed by atoms with Crippen LogP contribution in [0.5, 0.6) is 11.9 Å². The van der Waals surface area contributed by atoms with Crippen LogP contribution in [0.15, 0.2) is 46.3 Å². The van der Waals surface area contributed by atoms with Crippen LogP contribution in [-0.4, -0.2) is 50.8 Å². The van der Waals surface area contributed by atoms with Crippen LogP contribution >= 0.6 is 0 Å². The number of sulfonamides is 2. The molecule has 0 bridgehead atoms. The van der Waals surface area contributed by atoms with Gasteiger partial charge in [-0.05, 0) is 38.1 Å². The van der Waals surface area contributed by atoms with Crippen molar-refractivity contribution < 1.29 is 26.3 Å². The van der Waals surface area contributed by atoms with Gasteiger partial charge in [-0.15, -0.1) is 0 Å². The van der Waals surface area contributed by atoms with Crippen LogP contribution in [0.4, 0.5) is 11.5 Å². The number of methoxy groups -OCH3 is 2. The Bertz CT molecular complexity index is 1300. The average Bonchev–Trinajstić information content (AvgIpc) is 3.15. The lowest BCUT2D eigenvalue weighted by atomic mass is 10.3. The highest BCUT2D eigenvalue weighted by atomic mass is 32.2. The van der Waals surface area contributed by atoms with Crippen LogP contribution in [0.3, 0.4) is 0 Å². The smallest absolute Gasteiger partial charge is 0.321 e. The van der Waals surface area contributed by atoms with Crippen molar-refractivity contribution in [2.75, 3.05) is 23.7 Å². The van der Waals surface area contributed by atoms with Crippen LogP contribution in [0.2, 0.25) is 0 Å². The predicted molar refractivity (Wildman–Crippen MR) is 116 cm³/mol. The Morgan fingerprint density at radius 3 is 2.22 bits per heavy atom. The molecule has 0 amide bonds. The number of benzene rings is 1. The third-order valence-corrected chi connectivity index (χ3v) is 7.10. The van der Waals surface area contributed by atoms with Crippen LogP contribution in [0, 0.1) is 6.92 Å². The molecule has 0 aliphatic heterocycles. The number of ether oxygens (including phenoxy) is 2. The lowest BCUT2D eigenvalue weighted by Crippen LogP contribution is -2.15. The van der Waals surface area contributed by atoms with Gasteiger partial charge in [0.15, 0.2) is 5.82 Å². The summed E-state index contributed by atoms with van der Waals surface area (Å²) < 4.78 is 66.9. The van der Waals surface area contributed by atoms with Gasteiger partial charge >= 0.3 is 6.01 Å². The van der Waals surface area contributed by atoms with Gasteiger partial charge in [0.05, 0.1) is 24.8 Å². The summed E-state index contributed by atoms with van der Waals surface area (Å²) in [6, 6.07) is 6.42. The number of hydrogen-bond acceptors (Lipinski definition) is 9. The first-order chi connectivity index (χ1) is 15.1. The van der Waals surface area contributed by atoms with Crippen LogP contribution < -0.4 is 18.9 Å². The van der Waals surface area contributed by atoms with Gasteiger partial charge in [0.25, 0.3) is 20.0 Å². The fourth-order valence-corrected chi connectivity index (χ4v) is 4.92. The molecular formula is C18H22N6O6S2. The van der Waals surface area contributed by atoms with E-state index in [1.807, 2.05) is 6.92 Å². The third kappa shape index (κ3) is 5.08.